The van der Waals surface area contributed by atoms with Gasteiger partial charge in [0.05, 0.1) is 0 Å². The lowest BCUT2D eigenvalue weighted by Crippen LogP contribution is -1.87. The van der Waals surface area contributed by atoms with Gasteiger partial charge >= 0.3 is 0 Å². The summed E-state index contributed by atoms with van der Waals surface area (Å²) in [4.78, 5) is 3.91. The summed E-state index contributed by atoms with van der Waals surface area (Å²) >= 11 is 5.81. The van der Waals surface area contributed by atoms with Gasteiger partial charge in [-0.25, -0.2) is 4.98 Å². The fourth-order valence-corrected chi connectivity index (χ4v) is 1.63. The lowest BCUT2D eigenvalue weighted by molar-refractivity contribution is 0.481. The number of aromatic nitrogens is 1. The fraction of sp³-hybridized carbons (Fsp3) is 0.0714. The van der Waals surface area contributed by atoms with Gasteiger partial charge in [0.15, 0.2) is 0 Å². The number of pyridine rings is 1. The summed E-state index contributed by atoms with van der Waals surface area (Å²) < 4.78 is 5.77. The average Bonchev–Trinajstić information content (AvgIpc) is 2.32. The van der Waals surface area contributed by atoms with E-state index in [-0.39, 0.29) is 0 Å². The van der Waals surface area contributed by atoms with Crippen LogP contribution < -0.4 is 4.74 Å². The molecule has 0 fully saturated rings. The van der Waals surface area contributed by atoms with E-state index in [4.69, 9.17) is 16.3 Å². The van der Waals surface area contributed by atoms with E-state index in [0.29, 0.717) is 10.9 Å². The second kappa shape index (κ2) is 5.51. The molecule has 1 aromatic heterocycles. The van der Waals surface area contributed by atoms with Crippen LogP contribution in [0, 0.1) is 0 Å². The summed E-state index contributed by atoms with van der Waals surface area (Å²) in [6.07, 6.45) is 5.59. The van der Waals surface area contributed by atoms with Gasteiger partial charge in [0, 0.05) is 17.8 Å². The maximum absolute atomic E-state index is 5.81. The van der Waals surface area contributed by atoms with Crippen molar-refractivity contribution >= 4 is 17.7 Å². The van der Waals surface area contributed by atoms with Gasteiger partial charge in [-0.1, -0.05) is 42.0 Å². The van der Waals surface area contributed by atoms with Crippen LogP contribution in [0.15, 0.2) is 48.7 Å². The van der Waals surface area contributed by atoms with Crippen LogP contribution in [0.5, 0.6) is 11.5 Å². The van der Waals surface area contributed by atoms with Crippen molar-refractivity contribution in [1.29, 1.82) is 0 Å². The summed E-state index contributed by atoms with van der Waals surface area (Å²) in [7, 11) is 0. The lowest BCUT2D eigenvalue weighted by atomic mass is 10.2. The summed E-state index contributed by atoms with van der Waals surface area (Å²) in [5.74, 6) is 1.48. The second-order valence-electron chi connectivity index (χ2n) is 3.45. The molecule has 0 aliphatic rings. The Morgan fingerprint density at radius 1 is 1.24 bits per heavy atom. The molecule has 17 heavy (non-hydrogen) atoms. The van der Waals surface area contributed by atoms with Gasteiger partial charge in [0.25, 0.3) is 0 Å². The van der Waals surface area contributed by atoms with E-state index in [9.17, 15) is 0 Å². The van der Waals surface area contributed by atoms with E-state index in [1.165, 1.54) is 0 Å². The van der Waals surface area contributed by atoms with Gasteiger partial charge in [-0.3, -0.25) is 0 Å². The molecule has 0 N–H and O–H groups in total. The standard InChI is InChI=1S/C14H12ClNO/c1-2-5-11-6-3-4-7-13(11)17-12-8-9-16-14(15)10-12/h2-10H,1H3. The molecule has 1 heterocycles. The van der Waals surface area contributed by atoms with E-state index < -0.39 is 0 Å². The first kappa shape index (κ1) is 11.7. The molecule has 0 aliphatic carbocycles. The van der Waals surface area contributed by atoms with Crippen LogP contribution in [0.25, 0.3) is 6.08 Å². The Morgan fingerprint density at radius 3 is 2.82 bits per heavy atom. The van der Waals surface area contributed by atoms with E-state index >= 15 is 0 Å². The maximum atomic E-state index is 5.81. The Hall–Kier alpha value is -1.80. The summed E-state index contributed by atoms with van der Waals surface area (Å²) in [6, 6.07) is 11.3. The van der Waals surface area contributed by atoms with E-state index in [0.717, 1.165) is 11.3 Å². The van der Waals surface area contributed by atoms with Crippen molar-refractivity contribution in [3.8, 4) is 11.5 Å². The molecular formula is C14H12ClNO. The first-order valence-electron chi connectivity index (χ1n) is 5.31. The van der Waals surface area contributed by atoms with Crippen LogP contribution in [-0.2, 0) is 0 Å². The summed E-state index contributed by atoms with van der Waals surface area (Å²) in [5, 5.41) is 0.422. The third-order valence-corrected chi connectivity index (χ3v) is 2.40. The zero-order valence-corrected chi connectivity index (χ0v) is 10.2. The first-order valence-corrected chi connectivity index (χ1v) is 5.68. The number of para-hydroxylation sites is 1. The Kier molecular flexibility index (Phi) is 3.78. The quantitative estimate of drug-likeness (QED) is 0.740. The molecule has 3 heteroatoms. The third-order valence-electron chi connectivity index (χ3n) is 2.19. The number of hydrogen-bond donors (Lipinski definition) is 0. The zero-order chi connectivity index (χ0) is 12.1. The molecular weight excluding hydrogens is 234 g/mol. The maximum Gasteiger partial charge on any atom is 0.134 e. The van der Waals surface area contributed by atoms with Gasteiger partial charge in [-0.05, 0) is 19.1 Å². The molecule has 0 radical (unpaired) electrons. The topological polar surface area (TPSA) is 22.1 Å². The SMILES string of the molecule is CC=Cc1ccccc1Oc1ccnc(Cl)c1. The van der Waals surface area contributed by atoms with Crippen LogP contribution in [-0.4, -0.2) is 4.98 Å². The Labute approximate surface area is 106 Å². The molecule has 2 aromatic rings. The number of nitrogens with zero attached hydrogens (tertiary/aromatic N) is 1. The highest BCUT2D eigenvalue weighted by atomic mass is 35.5. The normalized spacial score (nSPS) is 10.7. The molecule has 0 unspecified atom stereocenters. The van der Waals surface area contributed by atoms with Crippen LogP contribution in [0.2, 0.25) is 5.15 Å². The average molecular weight is 246 g/mol. The molecule has 1 aromatic carbocycles. The zero-order valence-electron chi connectivity index (χ0n) is 9.43. The van der Waals surface area contributed by atoms with Crippen molar-refractivity contribution in [2.45, 2.75) is 6.92 Å². The second-order valence-corrected chi connectivity index (χ2v) is 3.84. The van der Waals surface area contributed by atoms with Crippen molar-refractivity contribution in [2.24, 2.45) is 0 Å². The summed E-state index contributed by atoms with van der Waals surface area (Å²) in [6.45, 7) is 1.97. The first-order chi connectivity index (χ1) is 8.29. The van der Waals surface area contributed by atoms with Gasteiger partial charge in [0.2, 0.25) is 0 Å². The van der Waals surface area contributed by atoms with Gasteiger partial charge in [0.1, 0.15) is 16.7 Å². The van der Waals surface area contributed by atoms with Crippen LogP contribution in [0.1, 0.15) is 12.5 Å². The molecule has 0 saturated heterocycles. The molecule has 0 spiro atoms. The highest BCUT2D eigenvalue weighted by Crippen LogP contribution is 2.26. The van der Waals surface area contributed by atoms with Crippen molar-refractivity contribution in [3.63, 3.8) is 0 Å². The van der Waals surface area contributed by atoms with E-state index in [1.807, 2.05) is 43.3 Å². The van der Waals surface area contributed by atoms with E-state index in [1.54, 1.807) is 18.3 Å². The molecule has 86 valence electrons. The third kappa shape index (κ3) is 3.08. The van der Waals surface area contributed by atoms with Crippen molar-refractivity contribution < 1.29 is 4.74 Å². The van der Waals surface area contributed by atoms with Crippen molar-refractivity contribution in [1.82, 2.24) is 4.98 Å². The number of halogens is 1. The number of benzene rings is 1. The number of rotatable bonds is 3. The number of ether oxygens (including phenoxy) is 1. The monoisotopic (exact) mass is 245 g/mol. The van der Waals surface area contributed by atoms with Crippen molar-refractivity contribution in [2.75, 3.05) is 0 Å². The molecule has 0 saturated carbocycles. The number of allylic oxidation sites excluding steroid dienone is 1. The molecule has 0 atom stereocenters. The van der Waals surface area contributed by atoms with Crippen LogP contribution >= 0.6 is 11.6 Å². The fourth-order valence-electron chi connectivity index (χ4n) is 1.47. The Morgan fingerprint density at radius 2 is 2.06 bits per heavy atom. The van der Waals surface area contributed by atoms with Crippen LogP contribution in [0.4, 0.5) is 0 Å². The lowest BCUT2D eigenvalue weighted by Gasteiger charge is -2.08. The van der Waals surface area contributed by atoms with Gasteiger partial charge in [-0.2, -0.15) is 0 Å². The largest absolute Gasteiger partial charge is 0.457 e. The van der Waals surface area contributed by atoms with Crippen molar-refractivity contribution in [3.05, 3.63) is 59.4 Å². The molecule has 2 rings (SSSR count). The number of hydrogen-bond acceptors (Lipinski definition) is 2. The Bertz CT molecular complexity index is 537. The van der Waals surface area contributed by atoms with E-state index in [2.05, 4.69) is 4.98 Å². The molecule has 2 nitrogen and oxygen atoms in total. The molecule has 0 aliphatic heterocycles. The van der Waals surface area contributed by atoms with Gasteiger partial charge in [-0.15, -0.1) is 0 Å². The predicted octanol–water partition coefficient (Wildman–Crippen LogP) is 4.56. The molecule has 0 bridgehead atoms. The molecule has 0 amide bonds. The summed E-state index contributed by atoms with van der Waals surface area (Å²) in [5.41, 5.74) is 1.03. The smallest absolute Gasteiger partial charge is 0.134 e. The Balaban J connectivity index is 2.29. The van der Waals surface area contributed by atoms with Crippen LogP contribution in [0.3, 0.4) is 0 Å². The highest BCUT2D eigenvalue weighted by Gasteiger charge is 2.02. The predicted molar refractivity (Wildman–Crippen MR) is 70.5 cm³/mol. The highest BCUT2D eigenvalue weighted by molar-refractivity contribution is 6.29. The minimum atomic E-state index is 0.422. The minimum Gasteiger partial charge on any atom is -0.457 e. The van der Waals surface area contributed by atoms with Gasteiger partial charge < -0.3 is 4.74 Å². The minimum absolute atomic E-state index is 0.422.